The fourth-order valence-corrected chi connectivity index (χ4v) is 2.97. The molecule has 0 radical (unpaired) electrons. The van der Waals surface area contributed by atoms with Crippen molar-refractivity contribution in [2.75, 3.05) is 13.1 Å². The van der Waals surface area contributed by atoms with Crippen LogP contribution < -0.4 is 0 Å². The van der Waals surface area contributed by atoms with Crippen molar-refractivity contribution in [1.82, 2.24) is 14.7 Å². The second kappa shape index (κ2) is 6.11. The number of aromatic nitrogens is 2. The molecule has 1 saturated heterocycles. The first-order valence-corrected chi connectivity index (χ1v) is 7.48. The molecule has 0 aliphatic carbocycles. The van der Waals surface area contributed by atoms with Crippen molar-refractivity contribution in [3.05, 3.63) is 47.8 Å². The Morgan fingerprint density at radius 3 is 3.05 bits per heavy atom. The average molecular weight is 280 g/mol. The zero-order valence-corrected chi connectivity index (χ0v) is 12.4. The van der Waals surface area contributed by atoms with Crippen molar-refractivity contribution < 1.29 is 0 Å². The van der Waals surface area contributed by atoms with Gasteiger partial charge in [0.25, 0.3) is 0 Å². The van der Waals surface area contributed by atoms with Gasteiger partial charge in [-0.3, -0.25) is 4.90 Å². The van der Waals surface area contributed by atoms with Crippen molar-refractivity contribution in [2.45, 2.75) is 26.3 Å². The van der Waals surface area contributed by atoms with Crippen LogP contribution in [0.25, 0.3) is 5.69 Å². The molecule has 0 saturated carbocycles. The van der Waals surface area contributed by atoms with Gasteiger partial charge >= 0.3 is 0 Å². The fraction of sp³-hybridized carbons (Fsp3) is 0.412. The minimum Gasteiger partial charge on any atom is -0.298 e. The smallest absolute Gasteiger partial charge is 0.0669 e. The highest BCUT2D eigenvalue weighted by atomic mass is 15.3. The van der Waals surface area contributed by atoms with Crippen molar-refractivity contribution in [3.8, 4) is 11.8 Å². The third kappa shape index (κ3) is 3.14. The highest BCUT2D eigenvalue weighted by molar-refractivity contribution is 5.39. The van der Waals surface area contributed by atoms with Gasteiger partial charge in [0.2, 0.25) is 0 Å². The van der Waals surface area contributed by atoms with Gasteiger partial charge in [-0.2, -0.15) is 10.4 Å². The van der Waals surface area contributed by atoms with E-state index < -0.39 is 0 Å². The van der Waals surface area contributed by atoms with E-state index in [0.717, 1.165) is 38.2 Å². The maximum absolute atomic E-state index is 9.09. The maximum atomic E-state index is 9.09. The normalized spacial score (nSPS) is 19.3. The minimum atomic E-state index is 0.197. The third-order valence-corrected chi connectivity index (χ3v) is 4.18. The zero-order chi connectivity index (χ0) is 14.7. The number of hydrogen-bond acceptors (Lipinski definition) is 3. The van der Waals surface area contributed by atoms with Gasteiger partial charge in [-0.05, 0) is 55.6 Å². The van der Waals surface area contributed by atoms with Gasteiger partial charge in [0.05, 0.1) is 17.7 Å². The summed E-state index contributed by atoms with van der Waals surface area (Å²) in [6.45, 7) is 5.08. The van der Waals surface area contributed by atoms with Gasteiger partial charge in [0.1, 0.15) is 0 Å². The molecule has 1 aromatic heterocycles. The molecule has 0 amide bonds. The Labute approximate surface area is 125 Å². The Morgan fingerprint density at radius 1 is 1.43 bits per heavy atom. The lowest BCUT2D eigenvalue weighted by Crippen LogP contribution is -2.34. The van der Waals surface area contributed by atoms with E-state index in [-0.39, 0.29) is 5.92 Å². The van der Waals surface area contributed by atoms with Crippen LogP contribution in [-0.4, -0.2) is 27.8 Å². The summed E-state index contributed by atoms with van der Waals surface area (Å²) in [4.78, 5) is 2.40. The molecule has 1 aliphatic heterocycles. The first-order chi connectivity index (χ1) is 10.3. The predicted octanol–water partition coefficient (Wildman–Crippen LogP) is 2.92. The SMILES string of the molecule is Cc1cc(-n2cccn2)ccc1CN1CCC[C@H](C#N)C1. The first kappa shape index (κ1) is 13.8. The molecule has 4 nitrogen and oxygen atoms in total. The average Bonchev–Trinajstić information content (AvgIpc) is 3.04. The van der Waals surface area contributed by atoms with Crippen LogP contribution in [-0.2, 0) is 6.54 Å². The van der Waals surface area contributed by atoms with Crippen molar-refractivity contribution in [2.24, 2.45) is 5.92 Å². The van der Waals surface area contributed by atoms with Crippen LogP contribution in [0.15, 0.2) is 36.7 Å². The Balaban J connectivity index is 1.73. The Morgan fingerprint density at radius 2 is 2.33 bits per heavy atom. The van der Waals surface area contributed by atoms with Crippen molar-refractivity contribution in [3.63, 3.8) is 0 Å². The van der Waals surface area contributed by atoms with Crippen molar-refractivity contribution >= 4 is 0 Å². The Bertz CT molecular complexity index is 639. The largest absolute Gasteiger partial charge is 0.298 e. The lowest BCUT2D eigenvalue weighted by molar-refractivity contribution is 0.192. The molecule has 0 spiro atoms. The lowest BCUT2D eigenvalue weighted by Gasteiger charge is -2.30. The molecule has 108 valence electrons. The summed E-state index contributed by atoms with van der Waals surface area (Å²) < 4.78 is 1.88. The molecule has 0 unspecified atom stereocenters. The molecule has 4 heteroatoms. The molecule has 2 aromatic rings. The molecule has 1 fully saturated rings. The van der Waals surface area contributed by atoms with Gasteiger partial charge in [0.15, 0.2) is 0 Å². The van der Waals surface area contributed by atoms with E-state index >= 15 is 0 Å². The third-order valence-electron chi connectivity index (χ3n) is 4.18. The summed E-state index contributed by atoms with van der Waals surface area (Å²) in [5.41, 5.74) is 3.71. The quantitative estimate of drug-likeness (QED) is 0.868. The first-order valence-electron chi connectivity index (χ1n) is 7.48. The zero-order valence-electron chi connectivity index (χ0n) is 12.4. The molecule has 1 aromatic carbocycles. The second-order valence-electron chi connectivity index (χ2n) is 5.76. The maximum Gasteiger partial charge on any atom is 0.0669 e. The van der Waals surface area contributed by atoms with E-state index in [0.29, 0.717) is 0 Å². The molecule has 3 rings (SSSR count). The van der Waals surface area contributed by atoms with Crippen LogP contribution in [0.5, 0.6) is 0 Å². The van der Waals surface area contributed by atoms with Crippen LogP contribution in [0.2, 0.25) is 0 Å². The van der Waals surface area contributed by atoms with Crippen LogP contribution in [0.1, 0.15) is 24.0 Å². The molecule has 1 atom stereocenters. The highest BCUT2D eigenvalue weighted by Crippen LogP contribution is 2.20. The number of rotatable bonds is 3. The standard InChI is InChI=1S/C17H20N4/c1-14-10-17(21-9-3-7-19-21)6-5-16(14)13-20-8-2-4-15(11-18)12-20/h3,5-7,9-10,15H,2,4,8,12-13H2,1H3/t15-/m1/s1. The summed E-state index contributed by atoms with van der Waals surface area (Å²) in [6.07, 6.45) is 5.92. The van der Waals surface area contributed by atoms with Crippen molar-refractivity contribution in [1.29, 1.82) is 5.26 Å². The highest BCUT2D eigenvalue weighted by Gasteiger charge is 2.19. The summed E-state index contributed by atoms with van der Waals surface area (Å²) in [7, 11) is 0. The van der Waals surface area contributed by atoms with Gasteiger partial charge in [-0.25, -0.2) is 4.68 Å². The number of piperidine rings is 1. The van der Waals surface area contributed by atoms with Crippen LogP contribution >= 0.6 is 0 Å². The number of likely N-dealkylation sites (tertiary alicyclic amines) is 1. The number of nitrogens with zero attached hydrogens (tertiary/aromatic N) is 4. The van der Waals surface area contributed by atoms with Crippen LogP contribution in [0, 0.1) is 24.2 Å². The summed E-state index contributed by atoms with van der Waals surface area (Å²) >= 11 is 0. The van der Waals surface area contributed by atoms with Crippen LogP contribution in [0.3, 0.4) is 0 Å². The fourth-order valence-electron chi connectivity index (χ4n) is 2.97. The predicted molar refractivity (Wildman–Crippen MR) is 81.9 cm³/mol. The van der Waals surface area contributed by atoms with Gasteiger partial charge in [-0.15, -0.1) is 0 Å². The second-order valence-corrected chi connectivity index (χ2v) is 5.76. The van der Waals surface area contributed by atoms with Gasteiger partial charge in [0, 0.05) is 25.5 Å². The monoisotopic (exact) mass is 280 g/mol. The number of nitriles is 1. The lowest BCUT2D eigenvalue weighted by atomic mass is 9.98. The van der Waals surface area contributed by atoms with Gasteiger partial charge < -0.3 is 0 Å². The number of benzene rings is 1. The van der Waals surface area contributed by atoms with E-state index in [4.69, 9.17) is 5.26 Å². The van der Waals surface area contributed by atoms with E-state index in [1.165, 1.54) is 11.1 Å². The van der Waals surface area contributed by atoms with E-state index in [1.54, 1.807) is 6.20 Å². The summed E-state index contributed by atoms with van der Waals surface area (Å²) in [5, 5.41) is 13.3. The molecule has 1 aliphatic rings. The molecule has 0 N–H and O–H groups in total. The van der Waals surface area contributed by atoms with E-state index in [9.17, 15) is 0 Å². The summed E-state index contributed by atoms with van der Waals surface area (Å²) in [6, 6.07) is 10.8. The molecule has 21 heavy (non-hydrogen) atoms. The minimum absolute atomic E-state index is 0.197. The number of hydrogen-bond donors (Lipinski definition) is 0. The van der Waals surface area contributed by atoms with Crippen LogP contribution in [0.4, 0.5) is 0 Å². The van der Waals surface area contributed by atoms with E-state index in [2.05, 4.69) is 41.2 Å². The Hall–Kier alpha value is -2.12. The molecule has 2 heterocycles. The molecular formula is C17H20N4. The molecular weight excluding hydrogens is 260 g/mol. The Kier molecular flexibility index (Phi) is 4.03. The molecule has 0 bridgehead atoms. The topological polar surface area (TPSA) is 44.9 Å². The van der Waals surface area contributed by atoms with E-state index in [1.807, 2.05) is 16.9 Å². The van der Waals surface area contributed by atoms with Gasteiger partial charge in [-0.1, -0.05) is 6.07 Å². The summed E-state index contributed by atoms with van der Waals surface area (Å²) in [5.74, 6) is 0.197. The number of aryl methyl sites for hydroxylation is 1.